The lowest BCUT2D eigenvalue weighted by atomic mass is 10.0. The molecule has 0 aromatic heterocycles. The molecule has 0 heterocycles. The first kappa shape index (κ1) is 58.4. The van der Waals surface area contributed by atoms with E-state index in [0.29, 0.717) is 0 Å². The van der Waals surface area contributed by atoms with E-state index in [1.807, 2.05) is 41.5 Å². The van der Waals surface area contributed by atoms with E-state index in [1.54, 1.807) is 0 Å². The van der Waals surface area contributed by atoms with Gasteiger partial charge in [0.2, 0.25) is 0 Å². The van der Waals surface area contributed by atoms with Crippen LogP contribution in [0.4, 0.5) is 22.7 Å². The van der Waals surface area contributed by atoms with Crippen LogP contribution in [0.3, 0.4) is 0 Å². The van der Waals surface area contributed by atoms with Gasteiger partial charge < -0.3 is 24.5 Å². The third-order valence-corrected chi connectivity index (χ3v) is 9.22. The Morgan fingerprint density at radius 2 is 0.455 bits per heavy atom. The smallest absolute Gasteiger partial charge is 0.0500 e. The largest absolute Gasteiger partial charge is 0.375 e. The maximum absolute atomic E-state index is 2.28. The first-order valence-electron chi connectivity index (χ1n) is 21.6. The van der Waals surface area contributed by atoms with Crippen molar-refractivity contribution in [3.63, 3.8) is 0 Å². The van der Waals surface area contributed by atoms with Gasteiger partial charge in [-0.05, 0) is 135 Å². The molecular formula is C48H93N7. The van der Waals surface area contributed by atoms with Gasteiger partial charge in [-0.25, -0.2) is 0 Å². The minimum absolute atomic E-state index is 1.03. The van der Waals surface area contributed by atoms with Crippen LogP contribution in [-0.2, 0) is 0 Å². The summed E-state index contributed by atoms with van der Waals surface area (Å²) in [5.41, 5.74) is 7.62. The van der Waals surface area contributed by atoms with Crippen molar-refractivity contribution in [2.45, 2.75) is 96.9 Å². The molecule has 0 aliphatic heterocycles. The molecule has 0 saturated heterocycles. The van der Waals surface area contributed by atoms with Crippen molar-refractivity contribution >= 4 is 22.7 Å². The van der Waals surface area contributed by atoms with Crippen molar-refractivity contribution < 1.29 is 0 Å². The zero-order valence-corrected chi connectivity index (χ0v) is 40.4. The van der Waals surface area contributed by atoms with Crippen LogP contribution < -0.4 is 19.6 Å². The van der Waals surface area contributed by atoms with E-state index in [9.17, 15) is 0 Å². The Bertz CT molecular complexity index is 1090. The van der Waals surface area contributed by atoms with Gasteiger partial charge in [0.15, 0.2) is 0 Å². The molecule has 0 N–H and O–H groups in total. The molecule has 0 aliphatic rings. The number of nitrogens with zero attached hydrogens (tertiary/aromatic N) is 7. The predicted octanol–water partition coefficient (Wildman–Crippen LogP) is 11.7. The zero-order valence-electron chi connectivity index (χ0n) is 40.4. The molecule has 0 radical (unpaired) electrons. The molecule has 7 nitrogen and oxygen atoms in total. The molecule has 7 heteroatoms. The number of hydrogen-bond donors (Lipinski definition) is 0. The molecule has 3 aromatic carbocycles. The SMILES string of the molecule is CC.CC.CC.CCN(C)CC.CCN(C)CN(C)CC.CCN(C)c1ccc(-c2ccc(N(C)CC)cc2)cc1.CCN(C)c1ccc(N(C)CC)cc1. The molecule has 0 amide bonds. The molecule has 0 atom stereocenters. The van der Waals surface area contributed by atoms with Gasteiger partial charge in [0, 0.05) is 83.8 Å². The van der Waals surface area contributed by atoms with E-state index in [4.69, 9.17) is 0 Å². The first-order valence-corrected chi connectivity index (χ1v) is 21.6. The Labute approximate surface area is 345 Å². The Balaban J connectivity index is -0.000000325. The van der Waals surface area contributed by atoms with Crippen LogP contribution in [0.15, 0.2) is 72.8 Å². The molecule has 0 bridgehead atoms. The molecule has 0 saturated carbocycles. The summed E-state index contributed by atoms with van der Waals surface area (Å²) in [6.07, 6.45) is 0. The number of anilines is 4. The normalized spacial score (nSPS) is 9.60. The summed E-state index contributed by atoms with van der Waals surface area (Å²) in [6.45, 7) is 39.1. The van der Waals surface area contributed by atoms with Gasteiger partial charge in [0.1, 0.15) is 0 Å². The molecule has 3 aromatic rings. The van der Waals surface area contributed by atoms with Crippen molar-refractivity contribution in [2.75, 3.05) is 128 Å². The van der Waals surface area contributed by atoms with Crippen LogP contribution in [0, 0.1) is 0 Å². The summed E-state index contributed by atoms with van der Waals surface area (Å²) in [7, 11) is 14.8. The minimum Gasteiger partial charge on any atom is -0.375 e. The van der Waals surface area contributed by atoms with Crippen molar-refractivity contribution in [1.82, 2.24) is 14.7 Å². The Kier molecular flexibility index (Phi) is 41.4. The van der Waals surface area contributed by atoms with Gasteiger partial charge in [0.05, 0.1) is 0 Å². The molecule has 0 unspecified atom stereocenters. The van der Waals surface area contributed by atoms with Crippen LogP contribution in [0.1, 0.15) is 96.9 Å². The molecule has 0 spiro atoms. The number of benzene rings is 3. The summed E-state index contributed by atoms with van der Waals surface area (Å²) in [6, 6.07) is 26.2. The summed E-state index contributed by atoms with van der Waals surface area (Å²) in [5.74, 6) is 0. The summed E-state index contributed by atoms with van der Waals surface area (Å²) in [5, 5.41) is 0. The van der Waals surface area contributed by atoms with Crippen LogP contribution in [-0.4, -0.2) is 123 Å². The van der Waals surface area contributed by atoms with Gasteiger partial charge in [0.25, 0.3) is 0 Å². The van der Waals surface area contributed by atoms with Crippen LogP contribution >= 0.6 is 0 Å². The van der Waals surface area contributed by atoms with Gasteiger partial charge in [-0.3, -0.25) is 9.80 Å². The molecule has 55 heavy (non-hydrogen) atoms. The standard InChI is InChI=1S/C18H24N2.C12H20N2.C7H18N2.C5H13N.3C2H6/c1-5-19(3)17-11-7-15(8-12-17)16-9-13-18(14-10-16)20(4)6-2;1-5-13(3)11-7-9-12(10-8-11)14(4)6-2;1-5-8(3)7-9(4)6-2;1-4-6(3)5-2;3*1-2/h7-14H,5-6H2,1-4H3;7-10H,5-6H2,1-4H3;5-7H2,1-4H3;4-5H2,1-3H3;3*1-2H3. The second-order valence-electron chi connectivity index (χ2n) is 12.6. The monoisotopic (exact) mass is 768 g/mol. The fraction of sp³-hybridized carbons (Fsp3) is 0.625. The summed E-state index contributed by atoms with van der Waals surface area (Å²) >= 11 is 0. The van der Waals surface area contributed by atoms with Crippen molar-refractivity contribution in [3.05, 3.63) is 72.8 Å². The van der Waals surface area contributed by atoms with E-state index < -0.39 is 0 Å². The van der Waals surface area contributed by atoms with Gasteiger partial charge in [-0.2, -0.15) is 0 Å². The lowest BCUT2D eigenvalue weighted by Gasteiger charge is -2.21. The van der Waals surface area contributed by atoms with Gasteiger partial charge in [-0.15, -0.1) is 0 Å². The topological polar surface area (TPSA) is 22.7 Å². The highest BCUT2D eigenvalue weighted by atomic mass is 15.3. The quantitative estimate of drug-likeness (QED) is 0.142. The number of hydrogen-bond acceptors (Lipinski definition) is 7. The lowest BCUT2D eigenvalue weighted by molar-refractivity contribution is 0.196. The average Bonchev–Trinajstić information content (AvgIpc) is 3.27. The fourth-order valence-electron chi connectivity index (χ4n) is 4.34. The highest BCUT2D eigenvalue weighted by Gasteiger charge is 2.03. The highest BCUT2D eigenvalue weighted by molar-refractivity contribution is 5.68. The summed E-state index contributed by atoms with van der Waals surface area (Å²) < 4.78 is 0. The summed E-state index contributed by atoms with van der Waals surface area (Å²) in [4.78, 5) is 15.8. The first-order chi connectivity index (χ1) is 26.3. The van der Waals surface area contributed by atoms with E-state index in [1.165, 1.54) is 33.9 Å². The van der Waals surface area contributed by atoms with Gasteiger partial charge >= 0.3 is 0 Å². The lowest BCUT2D eigenvalue weighted by Crippen LogP contribution is -2.32. The second-order valence-corrected chi connectivity index (χ2v) is 12.6. The maximum Gasteiger partial charge on any atom is 0.0500 e. The maximum atomic E-state index is 2.28. The van der Waals surface area contributed by atoms with Crippen LogP contribution in [0.2, 0.25) is 0 Å². The molecular weight excluding hydrogens is 675 g/mol. The van der Waals surface area contributed by atoms with Gasteiger partial charge in [-0.1, -0.05) is 93.5 Å². The molecule has 0 fully saturated rings. The van der Waals surface area contributed by atoms with Crippen LogP contribution in [0.25, 0.3) is 11.1 Å². The minimum atomic E-state index is 1.03. The predicted molar refractivity (Wildman–Crippen MR) is 258 cm³/mol. The van der Waals surface area contributed by atoms with Crippen LogP contribution in [0.5, 0.6) is 0 Å². The zero-order chi connectivity index (χ0) is 43.4. The average molecular weight is 768 g/mol. The third kappa shape index (κ3) is 27.1. The third-order valence-electron chi connectivity index (χ3n) is 9.22. The van der Waals surface area contributed by atoms with E-state index in [2.05, 4.69) is 212 Å². The Morgan fingerprint density at radius 1 is 0.273 bits per heavy atom. The Morgan fingerprint density at radius 3 is 0.600 bits per heavy atom. The van der Waals surface area contributed by atoms with Crippen molar-refractivity contribution in [2.24, 2.45) is 0 Å². The van der Waals surface area contributed by atoms with E-state index in [-0.39, 0.29) is 0 Å². The van der Waals surface area contributed by atoms with E-state index in [0.717, 1.165) is 59.0 Å². The second kappa shape index (κ2) is 39.0. The Hall–Kier alpha value is -3.26. The molecule has 3 rings (SSSR count). The highest BCUT2D eigenvalue weighted by Crippen LogP contribution is 2.25. The van der Waals surface area contributed by atoms with Crippen molar-refractivity contribution in [3.8, 4) is 11.1 Å². The van der Waals surface area contributed by atoms with Crippen molar-refractivity contribution in [1.29, 1.82) is 0 Å². The molecule has 0 aliphatic carbocycles. The fourth-order valence-corrected chi connectivity index (χ4v) is 4.34. The van der Waals surface area contributed by atoms with E-state index >= 15 is 0 Å². The molecule has 320 valence electrons. The number of rotatable bonds is 15.